The van der Waals surface area contributed by atoms with Crippen LogP contribution in [-0.4, -0.2) is 56.0 Å². The van der Waals surface area contributed by atoms with Crippen LogP contribution < -0.4 is 35.0 Å². The Kier molecular flexibility index (Phi) is 12.7. The summed E-state index contributed by atoms with van der Waals surface area (Å²) in [6.45, 7) is 5.46. The van der Waals surface area contributed by atoms with Crippen LogP contribution in [0.4, 0.5) is 10.5 Å². The minimum absolute atomic E-state index is 0.00518. The van der Waals surface area contributed by atoms with Crippen molar-refractivity contribution in [2.75, 3.05) is 26.9 Å². The molecule has 16 heteroatoms. The molecule has 1 atom stereocenters. The molecule has 0 spiro atoms. The van der Waals surface area contributed by atoms with Crippen LogP contribution >= 0.6 is 22.6 Å². The molecule has 15 nitrogen and oxygen atoms in total. The maximum Gasteiger partial charge on any atom is 0.338 e. The summed E-state index contributed by atoms with van der Waals surface area (Å²) in [6.07, 6.45) is 1.45. The van der Waals surface area contributed by atoms with Crippen LogP contribution in [0.3, 0.4) is 0 Å². The lowest BCUT2D eigenvalue weighted by molar-refractivity contribution is -0.384. The number of urea groups is 1. The molecule has 0 saturated carbocycles. The van der Waals surface area contributed by atoms with Crippen molar-refractivity contribution in [1.29, 1.82) is 0 Å². The van der Waals surface area contributed by atoms with E-state index >= 15 is 0 Å². The normalized spacial score (nSPS) is 14.1. The topological polar surface area (TPSA) is 189 Å². The summed E-state index contributed by atoms with van der Waals surface area (Å²) < 4.78 is 28.8. The zero-order chi connectivity index (χ0) is 35.5. The van der Waals surface area contributed by atoms with E-state index in [4.69, 9.17) is 23.7 Å². The third-order valence-electron chi connectivity index (χ3n) is 6.91. The zero-order valence-electron chi connectivity index (χ0n) is 27.0. The summed E-state index contributed by atoms with van der Waals surface area (Å²) in [6, 6.07) is 13.1. The van der Waals surface area contributed by atoms with Crippen molar-refractivity contribution >= 4 is 52.4 Å². The number of methoxy groups -OCH3 is 1. The number of carbonyl (C=O) groups is 3. The van der Waals surface area contributed by atoms with Crippen LogP contribution in [0.15, 0.2) is 71.0 Å². The summed E-state index contributed by atoms with van der Waals surface area (Å²) in [4.78, 5) is 47.8. The number of esters is 1. The first-order valence-electron chi connectivity index (χ1n) is 14.9. The molecule has 0 fully saturated rings. The van der Waals surface area contributed by atoms with Gasteiger partial charge in [0.25, 0.3) is 11.6 Å². The fraction of sp³-hybridized carbons (Fsp3) is 0.273. The van der Waals surface area contributed by atoms with Crippen LogP contribution in [0.1, 0.15) is 43.5 Å². The molecule has 1 aliphatic heterocycles. The number of amides is 3. The van der Waals surface area contributed by atoms with Crippen LogP contribution in [0, 0.1) is 13.7 Å². The van der Waals surface area contributed by atoms with E-state index in [1.807, 2.05) is 6.92 Å². The van der Waals surface area contributed by atoms with Crippen LogP contribution in [0.25, 0.3) is 0 Å². The number of hydrazone groups is 1. The van der Waals surface area contributed by atoms with E-state index in [1.165, 1.54) is 25.5 Å². The lowest BCUT2D eigenvalue weighted by Gasteiger charge is -2.28. The number of nitrogens with zero attached hydrogens (tertiary/aromatic N) is 2. The molecule has 3 N–H and O–H groups in total. The highest BCUT2D eigenvalue weighted by molar-refractivity contribution is 14.1. The standard InChI is InChI=1S/C33H34IN5O10/c1-5-46-27-14-21(13-24(34)31(27)49-17-20-7-10-23(11-8-20)39(43)44)16-35-38-28(40)18-48-25-12-9-22(15-26(25)45-4)30-29(32(41)47-6-2)19(3)36-33(42)37-30/h7-16,30H,5-6,17-18H2,1-4H3,(H,38,40)(H2,36,37,42)/b35-16+/t30-/m1/s1. The van der Waals surface area contributed by atoms with Gasteiger partial charge in [0.05, 0.1) is 46.6 Å². The van der Waals surface area contributed by atoms with Gasteiger partial charge < -0.3 is 34.3 Å². The molecular formula is C33H34IN5O10. The van der Waals surface area contributed by atoms with Gasteiger partial charge in [-0.1, -0.05) is 6.07 Å². The Bertz CT molecular complexity index is 1780. The molecule has 3 aromatic carbocycles. The average Bonchev–Trinajstić information content (AvgIpc) is 3.07. The molecule has 1 aliphatic rings. The monoisotopic (exact) mass is 787 g/mol. The second-order valence-electron chi connectivity index (χ2n) is 10.3. The summed E-state index contributed by atoms with van der Waals surface area (Å²) in [7, 11) is 1.43. The minimum Gasteiger partial charge on any atom is -0.493 e. The smallest absolute Gasteiger partial charge is 0.338 e. The Hall–Kier alpha value is -5.39. The summed E-state index contributed by atoms with van der Waals surface area (Å²) in [5, 5.41) is 20.3. The van der Waals surface area contributed by atoms with Crippen molar-refractivity contribution in [1.82, 2.24) is 16.1 Å². The first-order valence-corrected chi connectivity index (χ1v) is 16.0. The second kappa shape index (κ2) is 17.1. The number of non-ortho nitro benzene ring substituents is 1. The molecule has 0 saturated heterocycles. The number of benzene rings is 3. The molecule has 0 radical (unpaired) electrons. The second-order valence-corrected chi connectivity index (χ2v) is 11.4. The Morgan fingerprint density at radius 1 is 1.02 bits per heavy atom. The predicted molar refractivity (Wildman–Crippen MR) is 186 cm³/mol. The average molecular weight is 788 g/mol. The molecule has 1 heterocycles. The van der Waals surface area contributed by atoms with Gasteiger partial charge in [0, 0.05) is 17.8 Å². The van der Waals surface area contributed by atoms with Crippen LogP contribution in [0.2, 0.25) is 0 Å². The molecule has 3 aromatic rings. The number of hydrogen-bond donors (Lipinski definition) is 3. The highest BCUT2D eigenvalue weighted by Crippen LogP contribution is 2.36. The van der Waals surface area contributed by atoms with E-state index in [9.17, 15) is 24.5 Å². The summed E-state index contributed by atoms with van der Waals surface area (Å²) in [5.74, 6) is 0.384. The van der Waals surface area contributed by atoms with Gasteiger partial charge in [-0.15, -0.1) is 0 Å². The molecule has 3 amide bonds. The van der Waals surface area contributed by atoms with E-state index < -0.39 is 28.9 Å². The highest BCUT2D eigenvalue weighted by atomic mass is 127. The molecule has 258 valence electrons. The van der Waals surface area contributed by atoms with Crippen LogP contribution in [0.5, 0.6) is 23.0 Å². The van der Waals surface area contributed by atoms with Gasteiger partial charge in [-0.05, 0) is 96.5 Å². The maximum absolute atomic E-state index is 12.6. The molecule has 0 aliphatic carbocycles. The number of ether oxygens (including phenoxy) is 5. The van der Waals surface area contributed by atoms with Gasteiger partial charge in [0.15, 0.2) is 29.6 Å². The van der Waals surface area contributed by atoms with Crippen molar-refractivity contribution < 1.29 is 43.0 Å². The Morgan fingerprint density at radius 3 is 2.45 bits per heavy atom. The third kappa shape index (κ3) is 9.59. The van der Waals surface area contributed by atoms with Crippen molar-refractivity contribution in [2.24, 2.45) is 5.10 Å². The van der Waals surface area contributed by atoms with E-state index in [0.717, 1.165) is 9.13 Å². The number of nitrogens with one attached hydrogen (secondary N) is 3. The van der Waals surface area contributed by atoms with Crippen molar-refractivity contribution in [3.63, 3.8) is 0 Å². The molecule has 0 aromatic heterocycles. The molecule has 0 unspecified atom stereocenters. The van der Waals surface area contributed by atoms with Crippen LogP contribution in [-0.2, 0) is 20.9 Å². The van der Waals surface area contributed by atoms with Gasteiger partial charge in [0.2, 0.25) is 0 Å². The lowest BCUT2D eigenvalue weighted by Crippen LogP contribution is -2.45. The first kappa shape index (κ1) is 36.4. The largest absolute Gasteiger partial charge is 0.493 e. The Balaban J connectivity index is 1.38. The number of carbonyl (C=O) groups excluding carboxylic acids is 3. The number of rotatable bonds is 15. The zero-order valence-corrected chi connectivity index (χ0v) is 29.2. The van der Waals surface area contributed by atoms with Gasteiger partial charge >= 0.3 is 12.0 Å². The van der Waals surface area contributed by atoms with E-state index in [-0.39, 0.29) is 42.6 Å². The summed E-state index contributed by atoms with van der Waals surface area (Å²) >= 11 is 2.10. The van der Waals surface area contributed by atoms with Gasteiger partial charge in [0.1, 0.15) is 6.61 Å². The first-order chi connectivity index (χ1) is 23.5. The molecular weight excluding hydrogens is 753 g/mol. The Morgan fingerprint density at radius 2 is 1.78 bits per heavy atom. The van der Waals surface area contributed by atoms with Crippen molar-refractivity contribution in [3.05, 3.63) is 96.2 Å². The SMILES string of the molecule is CCOC(=O)C1=C(C)NC(=O)N[C@@H]1c1ccc(OCC(=O)N/N=C/c2cc(I)c(OCc3ccc([N+](=O)[O-])cc3)c(OCC)c2)c(OC)c1. The number of nitro groups is 1. The number of nitro benzene ring substituents is 1. The quantitative estimate of drug-likeness (QED) is 0.0628. The maximum atomic E-state index is 12.6. The van der Waals surface area contributed by atoms with E-state index in [0.29, 0.717) is 34.9 Å². The van der Waals surface area contributed by atoms with Gasteiger partial charge in [-0.2, -0.15) is 5.10 Å². The number of halogens is 1. The molecule has 4 rings (SSSR count). The van der Waals surface area contributed by atoms with Gasteiger partial charge in [-0.3, -0.25) is 14.9 Å². The highest BCUT2D eigenvalue weighted by Gasteiger charge is 2.32. The Labute approximate surface area is 295 Å². The fourth-order valence-electron chi connectivity index (χ4n) is 4.70. The predicted octanol–water partition coefficient (Wildman–Crippen LogP) is 4.91. The fourth-order valence-corrected chi connectivity index (χ4v) is 5.48. The van der Waals surface area contributed by atoms with Gasteiger partial charge in [-0.25, -0.2) is 15.0 Å². The molecule has 49 heavy (non-hydrogen) atoms. The van der Waals surface area contributed by atoms with E-state index in [1.54, 1.807) is 56.3 Å². The van der Waals surface area contributed by atoms with E-state index in [2.05, 4.69) is 43.8 Å². The summed E-state index contributed by atoms with van der Waals surface area (Å²) in [5.41, 5.74) is 4.96. The lowest BCUT2D eigenvalue weighted by atomic mass is 9.95. The van der Waals surface area contributed by atoms with Crippen molar-refractivity contribution in [3.8, 4) is 23.0 Å². The molecule has 0 bridgehead atoms. The number of hydrogen-bond acceptors (Lipinski definition) is 11. The minimum atomic E-state index is -0.796. The third-order valence-corrected chi connectivity index (χ3v) is 7.71. The number of allylic oxidation sites excluding steroid dienone is 1. The van der Waals surface area contributed by atoms with Crippen molar-refractivity contribution in [2.45, 2.75) is 33.4 Å².